The maximum Gasteiger partial charge on any atom is 0.416 e. The Kier molecular flexibility index (Phi) is 4.93. The molecule has 96 valence electrons. The van der Waals surface area contributed by atoms with Crippen LogP contribution in [0.25, 0.3) is 0 Å². The molecule has 1 aromatic rings. The summed E-state index contributed by atoms with van der Waals surface area (Å²) in [5.41, 5.74) is -0.278. The second kappa shape index (κ2) is 6.22. The number of hydrogen-bond acceptors (Lipinski definition) is 2. The smallest absolute Gasteiger partial charge is 0.368 e. The number of hydrogen-bond donors (Lipinski definition) is 0. The number of carbonyl (C=O) groups is 1. The van der Waals surface area contributed by atoms with Gasteiger partial charge in [-0.05, 0) is 24.3 Å². The molecular weight excluding hydrogens is 245 g/mol. The molecule has 0 N–H and O–H groups in total. The van der Waals surface area contributed by atoms with Gasteiger partial charge in [-0.15, -0.1) is 0 Å². The maximum absolute atomic E-state index is 12.3. The fourth-order valence-corrected chi connectivity index (χ4v) is 1.21. The zero-order valence-electron chi connectivity index (χ0n) is 9.62. The number of ether oxygens (including phenoxy) is 1. The topological polar surface area (TPSA) is 26.3 Å². The molecular formula is C13H11F3O2. The number of aldehydes is 1. The largest absolute Gasteiger partial charge is 0.416 e. The van der Waals surface area contributed by atoms with E-state index >= 15 is 0 Å². The van der Waals surface area contributed by atoms with Gasteiger partial charge in [0.25, 0.3) is 0 Å². The van der Waals surface area contributed by atoms with Crippen LogP contribution in [0.5, 0.6) is 0 Å². The molecule has 0 aliphatic rings. The average Bonchev–Trinajstić information content (AvgIpc) is 2.34. The Labute approximate surface area is 103 Å². The van der Waals surface area contributed by atoms with E-state index in [4.69, 9.17) is 4.74 Å². The van der Waals surface area contributed by atoms with Crippen molar-refractivity contribution in [3.05, 3.63) is 35.4 Å². The van der Waals surface area contributed by atoms with Crippen molar-refractivity contribution in [1.82, 2.24) is 0 Å². The van der Waals surface area contributed by atoms with Crippen LogP contribution in [0.4, 0.5) is 13.2 Å². The zero-order valence-corrected chi connectivity index (χ0v) is 9.62. The second-order valence-electron chi connectivity index (χ2n) is 3.47. The molecule has 0 aliphatic carbocycles. The van der Waals surface area contributed by atoms with Crippen LogP contribution in [-0.2, 0) is 15.7 Å². The Hall–Kier alpha value is -1.80. The van der Waals surface area contributed by atoms with Crippen LogP contribution in [0.1, 0.15) is 17.5 Å². The van der Waals surface area contributed by atoms with Crippen molar-refractivity contribution in [3.63, 3.8) is 0 Å². The van der Waals surface area contributed by atoms with E-state index in [0.29, 0.717) is 11.8 Å². The molecule has 0 aliphatic heterocycles. The van der Waals surface area contributed by atoms with Gasteiger partial charge in [-0.25, -0.2) is 0 Å². The molecule has 0 bridgehead atoms. The molecule has 0 spiro atoms. The lowest BCUT2D eigenvalue weighted by Crippen LogP contribution is -2.07. The standard InChI is InChI=1S/C13H11F3O2/c1-18-12(8-9-17)7-4-10-2-5-11(6-3-10)13(14,15)16/h2-3,5-6,9,12H,8H2,1H3/t12-/m1/s1. The lowest BCUT2D eigenvalue weighted by molar-refractivity contribution is -0.137. The number of halogens is 3. The molecule has 0 aromatic heterocycles. The van der Waals surface area contributed by atoms with Gasteiger partial charge in [-0.3, -0.25) is 0 Å². The molecule has 0 heterocycles. The van der Waals surface area contributed by atoms with Crippen LogP contribution in [0, 0.1) is 11.8 Å². The van der Waals surface area contributed by atoms with Crippen molar-refractivity contribution in [2.45, 2.75) is 18.7 Å². The minimum atomic E-state index is -4.35. The molecule has 0 saturated heterocycles. The van der Waals surface area contributed by atoms with E-state index in [1.807, 2.05) is 0 Å². The number of alkyl halides is 3. The fourth-order valence-electron chi connectivity index (χ4n) is 1.21. The maximum atomic E-state index is 12.3. The van der Waals surface area contributed by atoms with Gasteiger partial charge in [0.15, 0.2) is 0 Å². The lowest BCUT2D eigenvalue weighted by Gasteiger charge is -2.05. The van der Waals surface area contributed by atoms with Gasteiger partial charge >= 0.3 is 6.18 Å². The number of rotatable bonds is 3. The normalized spacial score (nSPS) is 12.4. The second-order valence-corrected chi connectivity index (χ2v) is 3.47. The third-order valence-electron chi connectivity index (χ3n) is 2.18. The summed E-state index contributed by atoms with van der Waals surface area (Å²) >= 11 is 0. The van der Waals surface area contributed by atoms with Crippen LogP contribution in [-0.4, -0.2) is 19.5 Å². The molecule has 1 aromatic carbocycles. The van der Waals surface area contributed by atoms with E-state index in [0.717, 1.165) is 12.1 Å². The molecule has 0 radical (unpaired) electrons. The van der Waals surface area contributed by atoms with E-state index in [1.54, 1.807) is 0 Å². The minimum absolute atomic E-state index is 0.129. The van der Waals surface area contributed by atoms with E-state index in [2.05, 4.69) is 11.8 Å². The van der Waals surface area contributed by atoms with Gasteiger partial charge in [0.2, 0.25) is 0 Å². The SMILES string of the molecule is CO[C@H](C#Cc1ccc(C(F)(F)F)cc1)CC=O. The summed E-state index contributed by atoms with van der Waals surface area (Å²) in [6, 6.07) is 4.49. The number of methoxy groups -OCH3 is 1. The highest BCUT2D eigenvalue weighted by Crippen LogP contribution is 2.28. The van der Waals surface area contributed by atoms with Crippen LogP contribution in [0.15, 0.2) is 24.3 Å². The quantitative estimate of drug-likeness (QED) is 0.614. The van der Waals surface area contributed by atoms with Gasteiger partial charge in [0.05, 0.1) is 5.56 Å². The summed E-state index contributed by atoms with van der Waals surface area (Å²) in [6.45, 7) is 0. The van der Waals surface area contributed by atoms with Crippen molar-refractivity contribution in [2.75, 3.05) is 7.11 Å². The highest BCUT2D eigenvalue weighted by molar-refractivity contribution is 5.51. The molecule has 1 atom stereocenters. The van der Waals surface area contributed by atoms with Gasteiger partial charge < -0.3 is 9.53 Å². The summed E-state index contributed by atoms with van der Waals surface area (Å²) in [6.07, 6.45) is -4.08. The Morgan fingerprint density at radius 3 is 2.39 bits per heavy atom. The van der Waals surface area contributed by atoms with Crippen molar-refractivity contribution in [2.24, 2.45) is 0 Å². The monoisotopic (exact) mass is 256 g/mol. The molecule has 0 amide bonds. The zero-order chi connectivity index (χ0) is 13.6. The first-order valence-electron chi connectivity index (χ1n) is 5.12. The van der Waals surface area contributed by atoms with Crippen molar-refractivity contribution >= 4 is 6.29 Å². The minimum Gasteiger partial charge on any atom is -0.368 e. The lowest BCUT2D eigenvalue weighted by atomic mass is 10.1. The first kappa shape index (κ1) is 14.3. The van der Waals surface area contributed by atoms with Gasteiger partial charge in [0.1, 0.15) is 12.4 Å². The summed E-state index contributed by atoms with van der Waals surface area (Å²) in [5.74, 6) is 5.32. The summed E-state index contributed by atoms with van der Waals surface area (Å²) in [7, 11) is 1.41. The molecule has 2 nitrogen and oxygen atoms in total. The Bertz CT molecular complexity index is 452. The highest BCUT2D eigenvalue weighted by atomic mass is 19.4. The van der Waals surface area contributed by atoms with Crippen molar-refractivity contribution < 1.29 is 22.7 Å². The highest BCUT2D eigenvalue weighted by Gasteiger charge is 2.29. The van der Waals surface area contributed by atoms with Crippen molar-refractivity contribution in [1.29, 1.82) is 0 Å². The predicted octanol–water partition coefficient (Wildman–Crippen LogP) is 2.66. The first-order chi connectivity index (χ1) is 8.47. The van der Waals surface area contributed by atoms with E-state index in [9.17, 15) is 18.0 Å². The Morgan fingerprint density at radius 2 is 1.94 bits per heavy atom. The molecule has 0 unspecified atom stereocenters. The van der Waals surface area contributed by atoms with Crippen LogP contribution < -0.4 is 0 Å². The Morgan fingerprint density at radius 1 is 1.33 bits per heavy atom. The van der Waals surface area contributed by atoms with Crippen molar-refractivity contribution in [3.8, 4) is 11.8 Å². The predicted molar refractivity (Wildman–Crippen MR) is 59.8 cm³/mol. The van der Waals surface area contributed by atoms with E-state index < -0.39 is 17.8 Å². The summed E-state index contributed by atoms with van der Waals surface area (Å²) in [5, 5.41) is 0. The third-order valence-corrected chi connectivity index (χ3v) is 2.18. The number of carbonyl (C=O) groups excluding carboxylic acids is 1. The van der Waals surface area contributed by atoms with Crippen LogP contribution >= 0.6 is 0 Å². The molecule has 1 rings (SSSR count). The molecule has 18 heavy (non-hydrogen) atoms. The first-order valence-corrected chi connectivity index (χ1v) is 5.12. The molecule has 5 heteroatoms. The van der Waals surface area contributed by atoms with Gasteiger partial charge in [-0.2, -0.15) is 13.2 Å². The van der Waals surface area contributed by atoms with Gasteiger partial charge in [0, 0.05) is 19.1 Å². The van der Waals surface area contributed by atoms with Crippen LogP contribution in [0.3, 0.4) is 0 Å². The molecule has 0 saturated carbocycles. The van der Waals surface area contributed by atoms with E-state index in [1.165, 1.54) is 19.2 Å². The van der Waals surface area contributed by atoms with Gasteiger partial charge in [-0.1, -0.05) is 11.8 Å². The summed E-state index contributed by atoms with van der Waals surface area (Å²) in [4.78, 5) is 10.3. The Balaban J connectivity index is 2.81. The summed E-state index contributed by atoms with van der Waals surface area (Å²) < 4.78 is 41.8. The number of benzene rings is 1. The van der Waals surface area contributed by atoms with Crippen LogP contribution in [0.2, 0.25) is 0 Å². The fraction of sp³-hybridized carbons (Fsp3) is 0.308. The van der Waals surface area contributed by atoms with E-state index in [-0.39, 0.29) is 6.42 Å². The third kappa shape index (κ3) is 4.22. The average molecular weight is 256 g/mol. The molecule has 0 fully saturated rings.